The Hall–Kier alpha value is -0.760. The van der Waals surface area contributed by atoms with Crippen molar-refractivity contribution in [3.05, 3.63) is 21.3 Å². The third-order valence-corrected chi connectivity index (χ3v) is 8.39. The molecule has 1 aliphatic heterocycles. The molecule has 170 valence electrons. The summed E-state index contributed by atoms with van der Waals surface area (Å²) in [6, 6.07) is 0. The maximum absolute atomic E-state index is 12.5. The predicted octanol–water partition coefficient (Wildman–Crippen LogP) is 6.31. The highest BCUT2D eigenvalue weighted by Crippen LogP contribution is 2.30. The third kappa shape index (κ3) is 12.5. The number of sulfonamides is 1. The van der Waals surface area contributed by atoms with Crippen LogP contribution >= 0.6 is 11.8 Å². The van der Waals surface area contributed by atoms with Crippen molar-refractivity contribution in [3.8, 4) is 0 Å². The molecule has 0 spiro atoms. The van der Waals surface area contributed by atoms with Crippen LogP contribution < -0.4 is 0 Å². The standard InChI is InChI=1S/C21H40N2O4S2/c1-2-3-4-5-6-7-8-9-10-11-12-13-14-15-19-29(26,27)22-17-16-18-28-21(22)20-23(24)25/h20H,2-19H2,1H3/b21-20-. The number of hydrogen-bond donors (Lipinski definition) is 0. The van der Waals surface area contributed by atoms with Crippen LogP contribution in [0.3, 0.4) is 0 Å². The van der Waals surface area contributed by atoms with Gasteiger partial charge in [-0.15, -0.1) is 11.8 Å². The van der Waals surface area contributed by atoms with Crippen LogP contribution in [0.1, 0.15) is 103 Å². The number of nitro groups is 1. The minimum Gasteiger partial charge on any atom is -0.259 e. The summed E-state index contributed by atoms with van der Waals surface area (Å²) in [5.41, 5.74) is 0. The van der Waals surface area contributed by atoms with E-state index >= 15 is 0 Å². The summed E-state index contributed by atoms with van der Waals surface area (Å²) < 4.78 is 26.3. The van der Waals surface area contributed by atoms with Gasteiger partial charge in [-0.2, -0.15) is 0 Å². The Bertz CT molecular complexity index is 579. The van der Waals surface area contributed by atoms with Crippen molar-refractivity contribution < 1.29 is 13.3 Å². The molecule has 6 nitrogen and oxygen atoms in total. The maximum atomic E-state index is 12.5. The van der Waals surface area contributed by atoms with Gasteiger partial charge in [-0.05, 0) is 12.8 Å². The third-order valence-electron chi connectivity index (χ3n) is 5.31. The summed E-state index contributed by atoms with van der Waals surface area (Å²) in [7, 11) is -3.45. The minimum atomic E-state index is -3.45. The second-order valence-electron chi connectivity index (χ2n) is 7.94. The Balaban J connectivity index is 2.07. The highest BCUT2D eigenvalue weighted by atomic mass is 32.2. The quantitative estimate of drug-likeness (QED) is 0.148. The van der Waals surface area contributed by atoms with E-state index in [0.717, 1.165) is 31.2 Å². The summed E-state index contributed by atoms with van der Waals surface area (Å²) in [4.78, 5) is 10.2. The zero-order valence-electron chi connectivity index (χ0n) is 18.1. The van der Waals surface area contributed by atoms with E-state index in [1.54, 1.807) is 0 Å². The van der Waals surface area contributed by atoms with E-state index in [2.05, 4.69) is 6.92 Å². The van der Waals surface area contributed by atoms with Crippen LogP contribution in [-0.2, 0) is 10.0 Å². The Morgan fingerprint density at radius 3 is 1.90 bits per heavy atom. The van der Waals surface area contributed by atoms with Gasteiger partial charge in [-0.25, -0.2) is 8.42 Å². The average molecular weight is 449 g/mol. The van der Waals surface area contributed by atoms with Gasteiger partial charge in [0.2, 0.25) is 10.0 Å². The molecule has 0 aliphatic carbocycles. The highest BCUT2D eigenvalue weighted by Gasteiger charge is 2.29. The zero-order chi connectivity index (χ0) is 21.4. The molecule has 8 heteroatoms. The maximum Gasteiger partial charge on any atom is 0.265 e. The smallest absolute Gasteiger partial charge is 0.259 e. The SMILES string of the molecule is CCCCCCCCCCCCCCCCS(=O)(=O)N1CCCS/C1=C\[N+](=O)[O-]. The van der Waals surface area contributed by atoms with E-state index < -0.39 is 14.9 Å². The zero-order valence-corrected chi connectivity index (χ0v) is 19.8. The van der Waals surface area contributed by atoms with Gasteiger partial charge in [0.05, 0.1) is 10.7 Å². The van der Waals surface area contributed by atoms with Gasteiger partial charge < -0.3 is 0 Å². The molecule has 1 saturated heterocycles. The first-order chi connectivity index (χ1) is 14.0. The van der Waals surface area contributed by atoms with E-state index in [0.29, 0.717) is 13.0 Å². The van der Waals surface area contributed by atoms with E-state index in [9.17, 15) is 18.5 Å². The van der Waals surface area contributed by atoms with Crippen molar-refractivity contribution in [1.82, 2.24) is 4.31 Å². The average Bonchev–Trinajstić information content (AvgIpc) is 2.68. The molecule has 29 heavy (non-hydrogen) atoms. The van der Waals surface area contributed by atoms with Crippen molar-refractivity contribution in [1.29, 1.82) is 0 Å². The predicted molar refractivity (Wildman–Crippen MR) is 123 cm³/mol. The van der Waals surface area contributed by atoms with Crippen LogP contribution in [0.2, 0.25) is 0 Å². The van der Waals surface area contributed by atoms with Crippen molar-refractivity contribution >= 4 is 21.8 Å². The second-order valence-corrected chi connectivity index (χ2v) is 11.1. The number of nitrogens with zero attached hydrogens (tertiary/aromatic N) is 2. The van der Waals surface area contributed by atoms with Crippen LogP contribution in [0.4, 0.5) is 0 Å². The molecular weight excluding hydrogens is 408 g/mol. The summed E-state index contributed by atoms with van der Waals surface area (Å²) in [6.45, 7) is 2.60. The Kier molecular flexibility index (Phi) is 14.5. The highest BCUT2D eigenvalue weighted by molar-refractivity contribution is 8.04. The van der Waals surface area contributed by atoms with Crippen molar-refractivity contribution in [2.75, 3.05) is 18.1 Å². The molecule has 1 fully saturated rings. The van der Waals surface area contributed by atoms with Crippen LogP contribution in [0.5, 0.6) is 0 Å². The summed E-state index contributed by atoms with van der Waals surface area (Å²) >= 11 is 1.26. The van der Waals surface area contributed by atoms with Crippen LogP contribution in [0.15, 0.2) is 11.2 Å². The largest absolute Gasteiger partial charge is 0.265 e. The van der Waals surface area contributed by atoms with Gasteiger partial charge in [-0.3, -0.25) is 14.4 Å². The molecule has 0 aromatic rings. The molecule has 0 aromatic heterocycles. The van der Waals surface area contributed by atoms with E-state index in [1.807, 2.05) is 0 Å². The van der Waals surface area contributed by atoms with Crippen molar-refractivity contribution in [2.45, 2.75) is 103 Å². The lowest BCUT2D eigenvalue weighted by atomic mass is 10.0. The topological polar surface area (TPSA) is 80.5 Å². The molecule has 1 aliphatic rings. The van der Waals surface area contributed by atoms with Gasteiger partial charge in [-0.1, -0.05) is 90.4 Å². The molecule has 0 aromatic carbocycles. The fourth-order valence-corrected chi connectivity index (χ4v) is 6.52. The second kappa shape index (κ2) is 16.0. The number of hydrogen-bond acceptors (Lipinski definition) is 5. The number of thioether (sulfide) groups is 1. The summed E-state index contributed by atoms with van der Waals surface area (Å²) in [5.74, 6) is 0.811. The molecular formula is C21H40N2O4S2. The summed E-state index contributed by atoms with van der Waals surface area (Å²) in [6.07, 6.45) is 18.7. The van der Waals surface area contributed by atoms with E-state index in [1.165, 1.54) is 86.7 Å². The Morgan fingerprint density at radius 1 is 0.931 bits per heavy atom. The van der Waals surface area contributed by atoms with Crippen LogP contribution in [0.25, 0.3) is 0 Å². The van der Waals surface area contributed by atoms with Gasteiger partial charge in [0.15, 0.2) is 5.03 Å². The van der Waals surface area contributed by atoms with Gasteiger partial charge in [0.1, 0.15) is 0 Å². The molecule has 0 unspecified atom stereocenters. The van der Waals surface area contributed by atoms with Gasteiger partial charge >= 0.3 is 0 Å². The lowest BCUT2D eigenvalue weighted by Gasteiger charge is -2.28. The normalized spacial score (nSPS) is 16.4. The monoisotopic (exact) mass is 448 g/mol. The molecule has 0 amide bonds. The van der Waals surface area contributed by atoms with Crippen molar-refractivity contribution in [2.24, 2.45) is 0 Å². The first kappa shape index (κ1) is 26.3. The lowest BCUT2D eigenvalue weighted by Crippen LogP contribution is -2.35. The Morgan fingerprint density at radius 2 is 1.41 bits per heavy atom. The molecule has 0 N–H and O–H groups in total. The van der Waals surface area contributed by atoms with Crippen LogP contribution in [0, 0.1) is 10.1 Å². The fraction of sp³-hybridized carbons (Fsp3) is 0.905. The van der Waals surface area contributed by atoms with Crippen LogP contribution in [-0.4, -0.2) is 35.7 Å². The first-order valence-electron chi connectivity index (χ1n) is 11.5. The summed E-state index contributed by atoms with van der Waals surface area (Å²) in [5, 5.41) is 11.0. The number of unbranched alkanes of at least 4 members (excludes halogenated alkanes) is 13. The van der Waals surface area contributed by atoms with Crippen molar-refractivity contribution in [3.63, 3.8) is 0 Å². The molecule has 0 radical (unpaired) electrons. The minimum absolute atomic E-state index is 0.0840. The number of rotatable bonds is 17. The fourth-order valence-electron chi connectivity index (χ4n) is 3.62. The first-order valence-corrected chi connectivity index (χ1v) is 14.1. The van der Waals surface area contributed by atoms with Gasteiger partial charge in [0.25, 0.3) is 6.20 Å². The molecule has 0 saturated carbocycles. The van der Waals surface area contributed by atoms with Gasteiger partial charge in [0, 0.05) is 12.3 Å². The van der Waals surface area contributed by atoms with E-state index in [-0.39, 0.29) is 10.8 Å². The van der Waals surface area contributed by atoms with E-state index in [4.69, 9.17) is 0 Å². The molecule has 0 atom stereocenters. The molecule has 1 rings (SSSR count). The molecule has 1 heterocycles. The lowest BCUT2D eigenvalue weighted by molar-refractivity contribution is -0.403. The molecule has 0 bridgehead atoms. The Labute approximate surface area is 182 Å².